The van der Waals surface area contributed by atoms with Crippen LogP contribution in [0.15, 0.2) is 59.2 Å². The van der Waals surface area contributed by atoms with Crippen LogP contribution in [0.2, 0.25) is 0 Å². The van der Waals surface area contributed by atoms with Gasteiger partial charge in [-0.2, -0.15) is 10.1 Å². The Morgan fingerprint density at radius 3 is 2.57 bits per heavy atom. The van der Waals surface area contributed by atoms with Crippen molar-refractivity contribution in [1.82, 2.24) is 0 Å². The second kappa shape index (κ2) is 8.39. The summed E-state index contributed by atoms with van der Waals surface area (Å²) in [7, 11) is 0. The fourth-order valence-electron chi connectivity index (χ4n) is 2.73. The van der Waals surface area contributed by atoms with Crippen LogP contribution in [-0.4, -0.2) is 30.8 Å². The van der Waals surface area contributed by atoms with Crippen molar-refractivity contribution in [1.29, 1.82) is 0 Å². The van der Waals surface area contributed by atoms with Gasteiger partial charge in [0.05, 0.1) is 29.5 Å². The SMILES string of the molecule is CCOc1cc(/C=C2/C(=O)N(c3ccccc3)N=C2C)ccc1OCC(=O)[O-]. The van der Waals surface area contributed by atoms with Gasteiger partial charge in [-0.15, -0.1) is 0 Å². The van der Waals surface area contributed by atoms with E-state index in [0.29, 0.717) is 40.6 Å². The molecule has 1 aliphatic heterocycles. The number of hydrogen-bond donors (Lipinski definition) is 0. The maximum atomic E-state index is 12.8. The second-order valence-electron chi connectivity index (χ2n) is 6.00. The Hall–Kier alpha value is -3.61. The molecule has 1 aliphatic rings. The molecule has 2 aromatic rings. The fraction of sp³-hybridized carbons (Fsp3) is 0.190. The molecule has 0 atom stereocenters. The molecule has 0 radical (unpaired) electrons. The van der Waals surface area contributed by atoms with Gasteiger partial charge in [0, 0.05) is 0 Å². The van der Waals surface area contributed by atoms with Crippen LogP contribution in [0.4, 0.5) is 5.69 Å². The summed E-state index contributed by atoms with van der Waals surface area (Å²) in [5, 5.41) is 16.3. The third kappa shape index (κ3) is 4.20. The van der Waals surface area contributed by atoms with Gasteiger partial charge in [-0.1, -0.05) is 24.3 Å². The van der Waals surface area contributed by atoms with Crippen molar-refractivity contribution in [3.8, 4) is 11.5 Å². The Balaban J connectivity index is 1.88. The lowest BCUT2D eigenvalue weighted by atomic mass is 10.1. The predicted molar refractivity (Wildman–Crippen MR) is 103 cm³/mol. The molecule has 0 fully saturated rings. The van der Waals surface area contributed by atoms with Crippen LogP contribution < -0.4 is 19.6 Å². The van der Waals surface area contributed by atoms with Crippen LogP contribution in [-0.2, 0) is 9.59 Å². The molecular formula is C21H19N2O5-. The number of carboxylic acid groups (broad SMARTS) is 1. The van der Waals surface area contributed by atoms with Crippen LogP contribution in [0.3, 0.4) is 0 Å². The first-order valence-corrected chi connectivity index (χ1v) is 8.76. The van der Waals surface area contributed by atoms with Crippen molar-refractivity contribution in [3.63, 3.8) is 0 Å². The Morgan fingerprint density at radius 1 is 1.14 bits per heavy atom. The standard InChI is InChI=1S/C21H20N2O5/c1-3-27-19-12-15(9-10-18(19)28-13-20(24)25)11-17-14(2)22-23(21(17)26)16-7-5-4-6-8-16/h4-12H,3,13H2,1-2H3,(H,24,25)/p-1/b17-11+. The molecule has 28 heavy (non-hydrogen) atoms. The predicted octanol–water partition coefficient (Wildman–Crippen LogP) is 2.02. The molecule has 0 spiro atoms. The highest BCUT2D eigenvalue weighted by Gasteiger charge is 2.28. The van der Waals surface area contributed by atoms with E-state index in [1.54, 1.807) is 31.2 Å². The summed E-state index contributed by atoms with van der Waals surface area (Å²) < 4.78 is 10.7. The molecule has 0 saturated carbocycles. The molecule has 144 valence electrons. The molecule has 3 rings (SSSR count). The Kier molecular flexibility index (Phi) is 5.74. The number of anilines is 1. The molecule has 0 bridgehead atoms. The minimum Gasteiger partial charge on any atom is -0.546 e. The van der Waals surface area contributed by atoms with E-state index in [1.165, 1.54) is 5.01 Å². The molecule has 7 nitrogen and oxygen atoms in total. The van der Waals surface area contributed by atoms with E-state index in [0.717, 1.165) is 0 Å². The number of carboxylic acids is 1. The average molecular weight is 379 g/mol. The molecule has 2 aromatic carbocycles. The summed E-state index contributed by atoms with van der Waals surface area (Å²) >= 11 is 0. The molecule has 0 aliphatic carbocycles. The quantitative estimate of drug-likeness (QED) is 0.687. The van der Waals surface area contributed by atoms with Crippen molar-refractivity contribution in [2.75, 3.05) is 18.2 Å². The van der Waals surface area contributed by atoms with E-state index in [-0.39, 0.29) is 5.91 Å². The van der Waals surface area contributed by atoms with Crippen molar-refractivity contribution in [3.05, 3.63) is 59.7 Å². The Labute approximate surface area is 162 Å². The summed E-state index contributed by atoms with van der Waals surface area (Å²) in [6.45, 7) is 3.38. The van der Waals surface area contributed by atoms with Gasteiger partial charge in [0.1, 0.15) is 6.61 Å². The molecule has 7 heteroatoms. The summed E-state index contributed by atoms with van der Waals surface area (Å²) in [4.78, 5) is 23.4. The minimum atomic E-state index is -1.32. The number of aliphatic carboxylic acids is 1. The van der Waals surface area contributed by atoms with E-state index in [4.69, 9.17) is 9.47 Å². The highest BCUT2D eigenvalue weighted by molar-refractivity contribution is 6.32. The first-order valence-electron chi connectivity index (χ1n) is 8.76. The number of benzene rings is 2. The number of amides is 1. The highest BCUT2D eigenvalue weighted by Crippen LogP contribution is 2.31. The molecule has 0 aromatic heterocycles. The lowest BCUT2D eigenvalue weighted by Gasteiger charge is -2.13. The second-order valence-corrected chi connectivity index (χ2v) is 6.00. The van der Waals surface area contributed by atoms with E-state index < -0.39 is 12.6 Å². The van der Waals surface area contributed by atoms with Gasteiger partial charge in [0.25, 0.3) is 5.91 Å². The third-order valence-electron chi connectivity index (χ3n) is 3.99. The molecule has 1 heterocycles. The van der Waals surface area contributed by atoms with Gasteiger partial charge in [-0.05, 0) is 49.8 Å². The first kappa shape index (κ1) is 19.2. The number of hydrogen-bond acceptors (Lipinski definition) is 6. The summed E-state index contributed by atoms with van der Waals surface area (Å²) in [5.41, 5.74) is 2.46. The molecule has 0 N–H and O–H groups in total. The highest BCUT2D eigenvalue weighted by atomic mass is 16.5. The van der Waals surface area contributed by atoms with Crippen LogP contribution in [0.1, 0.15) is 19.4 Å². The number of para-hydroxylation sites is 1. The van der Waals surface area contributed by atoms with Gasteiger partial charge in [-0.3, -0.25) is 4.79 Å². The maximum Gasteiger partial charge on any atom is 0.280 e. The van der Waals surface area contributed by atoms with E-state index in [2.05, 4.69) is 5.10 Å². The minimum absolute atomic E-state index is 0.223. The number of rotatable bonds is 7. The van der Waals surface area contributed by atoms with E-state index in [9.17, 15) is 14.7 Å². The molecule has 0 unspecified atom stereocenters. The number of carbonyl (C=O) groups is 2. The van der Waals surface area contributed by atoms with Crippen molar-refractivity contribution in [2.24, 2.45) is 5.10 Å². The van der Waals surface area contributed by atoms with Crippen LogP contribution in [0, 0.1) is 0 Å². The van der Waals surface area contributed by atoms with Crippen LogP contribution in [0.5, 0.6) is 11.5 Å². The monoisotopic (exact) mass is 379 g/mol. The number of hydrazone groups is 1. The number of nitrogens with zero attached hydrogens (tertiary/aromatic N) is 2. The number of carbonyl (C=O) groups excluding carboxylic acids is 2. The van der Waals surface area contributed by atoms with Crippen LogP contribution >= 0.6 is 0 Å². The lowest BCUT2D eigenvalue weighted by Crippen LogP contribution is -2.29. The zero-order chi connectivity index (χ0) is 20.1. The molecule has 1 amide bonds. The topological polar surface area (TPSA) is 91.3 Å². The normalized spacial score (nSPS) is 14.9. The number of ether oxygens (including phenoxy) is 2. The van der Waals surface area contributed by atoms with Crippen LogP contribution in [0.25, 0.3) is 6.08 Å². The van der Waals surface area contributed by atoms with Crippen molar-refractivity contribution in [2.45, 2.75) is 13.8 Å². The summed E-state index contributed by atoms with van der Waals surface area (Å²) in [6.07, 6.45) is 1.72. The van der Waals surface area contributed by atoms with Gasteiger partial charge < -0.3 is 19.4 Å². The van der Waals surface area contributed by atoms with Gasteiger partial charge in [0.15, 0.2) is 11.5 Å². The van der Waals surface area contributed by atoms with Gasteiger partial charge in [0.2, 0.25) is 0 Å². The van der Waals surface area contributed by atoms with E-state index >= 15 is 0 Å². The van der Waals surface area contributed by atoms with E-state index in [1.807, 2.05) is 37.3 Å². The zero-order valence-electron chi connectivity index (χ0n) is 15.5. The van der Waals surface area contributed by atoms with Gasteiger partial charge >= 0.3 is 0 Å². The lowest BCUT2D eigenvalue weighted by molar-refractivity contribution is -0.307. The van der Waals surface area contributed by atoms with Crippen molar-refractivity contribution < 1.29 is 24.2 Å². The molecular weight excluding hydrogens is 360 g/mol. The largest absolute Gasteiger partial charge is 0.546 e. The smallest absolute Gasteiger partial charge is 0.280 e. The summed E-state index contributed by atoms with van der Waals surface area (Å²) in [5.74, 6) is -0.864. The maximum absolute atomic E-state index is 12.8. The molecule has 0 saturated heterocycles. The Bertz CT molecular complexity index is 951. The average Bonchev–Trinajstić information content (AvgIpc) is 2.96. The fourth-order valence-corrected chi connectivity index (χ4v) is 2.73. The summed E-state index contributed by atoms with van der Waals surface area (Å²) in [6, 6.07) is 14.2. The van der Waals surface area contributed by atoms with Crippen molar-refractivity contribution >= 4 is 29.4 Å². The zero-order valence-corrected chi connectivity index (χ0v) is 15.5. The Morgan fingerprint density at radius 2 is 1.89 bits per heavy atom. The first-order chi connectivity index (χ1) is 13.5. The third-order valence-corrected chi connectivity index (χ3v) is 3.99. The van der Waals surface area contributed by atoms with Gasteiger partial charge in [-0.25, -0.2) is 0 Å².